The van der Waals surface area contributed by atoms with E-state index in [1.54, 1.807) is 0 Å². The Kier molecular flexibility index (Phi) is 4.86. The maximum absolute atomic E-state index is 11.5. The molecule has 0 radical (unpaired) electrons. The summed E-state index contributed by atoms with van der Waals surface area (Å²) in [5, 5.41) is 9.47. The highest BCUT2D eigenvalue weighted by Gasteiger charge is 2.31. The predicted molar refractivity (Wildman–Crippen MR) is 104 cm³/mol. The van der Waals surface area contributed by atoms with Gasteiger partial charge in [-0.25, -0.2) is 9.97 Å². The van der Waals surface area contributed by atoms with E-state index in [9.17, 15) is 9.90 Å². The summed E-state index contributed by atoms with van der Waals surface area (Å²) in [6, 6.07) is 7.85. The standard InChI is InChI=1S/C20H26N4O3/c1-13-10-24(11-14(2)27-13)19-18(21-16-7-3-4-8-17(16)22-19)23-9-5-6-15(12-23)20(25)26/h3-4,7-8,13-15H,5-6,9-12H2,1-2H3,(H,25,26). The number of hydrogen-bond acceptors (Lipinski definition) is 6. The Morgan fingerprint density at radius 2 is 1.63 bits per heavy atom. The van der Waals surface area contributed by atoms with Gasteiger partial charge in [-0.15, -0.1) is 0 Å². The van der Waals surface area contributed by atoms with E-state index >= 15 is 0 Å². The highest BCUT2D eigenvalue weighted by molar-refractivity contribution is 5.81. The second kappa shape index (κ2) is 7.31. The molecule has 0 spiro atoms. The number of fused-ring (bicyclic) bond motifs is 1. The maximum atomic E-state index is 11.5. The number of carbonyl (C=O) groups is 1. The molecule has 0 aliphatic carbocycles. The van der Waals surface area contributed by atoms with E-state index in [0.717, 1.165) is 48.7 Å². The molecule has 0 amide bonds. The summed E-state index contributed by atoms with van der Waals surface area (Å²) in [5.74, 6) is 0.536. The lowest BCUT2D eigenvalue weighted by Gasteiger charge is -2.39. The molecule has 2 saturated heterocycles. The molecule has 0 saturated carbocycles. The Labute approximate surface area is 159 Å². The van der Waals surface area contributed by atoms with Crippen LogP contribution in [-0.2, 0) is 9.53 Å². The van der Waals surface area contributed by atoms with Crippen molar-refractivity contribution in [2.45, 2.75) is 38.9 Å². The van der Waals surface area contributed by atoms with Crippen LogP contribution in [0.15, 0.2) is 24.3 Å². The number of rotatable bonds is 3. The summed E-state index contributed by atoms with van der Waals surface area (Å²) in [7, 11) is 0. The number of hydrogen-bond donors (Lipinski definition) is 1. The molecule has 3 heterocycles. The predicted octanol–water partition coefficient (Wildman–Crippen LogP) is 2.54. The summed E-state index contributed by atoms with van der Waals surface area (Å²) in [4.78, 5) is 25.7. The lowest BCUT2D eigenvalue weighted by Crippen LogP contribution is -2.47. The van der Waals surface area contributed by atoms with Gasteiger partial charge in [-0.05, 0) is 38.8 Å². The van der Waals surface area contributed by atoms with Crippen molar-refractivity contribution in [3.05, 3.63) is 24.3 Å². The molecular formula is C20H26N4O3. The zero-order chi connectivity index (χ0) is 19.0. The minimum atomic E-state index is -0.733. The van der Waals surface area contributed by atoms with Crippen molar-refractivity contribution < 1.29 is 14.6 Å². The molecule has 2 aromatic rings. The zero-order valence-electron chi connectivity index (χ0n) is 15.8. The first-order chi connectivity index (χ1) is 13.0. The fourth-order valence-electron chi connectivity index (χ4n) is 4.13. The van der Waals surface area contributed by atoms with Gasteiger partial charge in [0.2, 0.25) is 0 Å². The minimum Gasteiger partial charge on any atom is -0.481 e. The Bertz CT molecular complexity index is 833. The average molecular weight is 370 g/mol. The Hall–Kier alpha value is -2.41. The van der Waals surface area contributed by atoms with Gasteiger partial charge in [0.05, 0.1) is 29.2 Å². The molecule has 1 N–H and O–H groups in total. The first-order valence-corrected chi connectivity index (χ1v) is 9.66. The number of anilines is 2. The molecule has 2 fully saturated rings. The topological polar surface area (TPSA) is 78.8 Å². The molecule has 144 valence electrons. The highest BCUT2D eigenvalue weighted by Crippen LogP contribution is 2.33. The Morgan fingerprint density at radius 1 is 1.04 bits per heavy atom. The van der Waals surface area contributed by atoms with E-state index in [1.807, 2.05) is 24.3 Å². The van der Waals surface area contributed by atoms with Gasteiger partial charge in [-0.3, -0.25) is 4.79 Å². The average Bonchev–Trinajstić information content (AvgIpc) is 2.66. The first kappa shape index (κ1) is 18.0. The molecule has 7 heteroatoms. The second-order valence-electron chi connectivity index (χ2n) is 7.65. The normalized spacial score (nSPS) is 26.4. The van der Waals surface area contributed by atoms with E-state index in [0.29, 0.717) is 13.0 Å². The number of benzene rings is 1. The van der Waals surface area contributed by atoms with Crippen molar-refractivity contribution in [2.24, 2.45) is 5.92 Å². The molecule has 4 rings (SSSR count). The molecule has 2 aliphatic heterocycles. The number of aromatic nitrogens is 2. The number of para-hydroxylation sites is 2. The fraction of sp³-hybridized carbons (Fsp3) is 0.550. The molecule has 1 aromatic heterocycles. The molecule has 3 atom stereocenters. The quantitative estimate of drug-likeness (QED) is 0.889. The number of piperidine rings is 1. The van der Waals surface area contributed by atoms with Gasteiger partial charge >= 0.3 is 5.97 Å². The van der Waals surface area contributed by atoms with Gasteiger partial charge < -0.3 is 19.6 Å². The molecular weight excluding hydrogens is 344 g/mol. The largest absolute Gasteiger partial charge is 0.481 e. The molecule has 7 nitrogen and oxygen atoms in total. The smallest absolute Gasteiger partial charge is 0.308 e. The van der Waals surface area contributed by atoms with Crippen molar-refractivity contribution in [1.29, 1.82) is 0 Å². The fourth-order valence-corrected chi connectivity index (χ4v) is 4.13. The van der Waals surface area contributed by atoms with Crippen molar-refractivity contribution in [3.63, 3.8) is 0 Å². The van der Waals surface area contributed by atoms with Gasteiger partial charge in [-0.2, -0.15) is 0 Å². The van der Waals surface area contributed by atoms with Gasteiger partial charge in [0.1, 0.15) is 0 Å². The molecule has 27 heavy (non-hydrogen) atoms. The van der Waals surface area contributed by atoms with E-state index in [2.05, 4.69) is 23.6 Å². The Morgan fingerprint density at radius 3 is 2.22 bits per heavy atom. The summed E-state index contributed by atoms with van der Waals surface area (Å²) >= 11 is 0. The van der Waals surface area contributed by atoms with Crippen LogP contribution in [-0.4, -0.2) is 59.4 Å². The second-order valence-corrected chi connectivity index (χ2v) is 7.65. The van der Waals surface area contributed by atoms with Crippen molar-refractivity contribution in [2.75, 3.05) is 36.0 Å². The van der Waals surface area contributed by atoms with Crippen LogP contribution in [0.25, 0.3) is 11.0 Å². The van der Waals surface area contributed by atoms with E-state index < -0.39 is 5.97 Å². The van der Waals surface area contributed by atoms with Crippen LogP contribution in [0.4, 0.5) is 11.6 Å². The first-order valence-electron chi connectivity index (χ1n) is 9.66. The van der Waals surface area contributed by atoms with Gasteiger partial charge in [0.15, 0.2) is 11.6 Å². The van der Waals surface area contributed by atoms with Crippen LogP contribution in [0.1, 0.15) is 26.7 Å². The molecule has 0 bridgehead atoms. The summed E-state index contributed by atoms with van der Waals surface area (Å²) in [6.07, 6.45) is 1.79. The number of aliphatic carboxylic acids is 1. The van der Waals surface area contributed by atoms with Crippen LogP contribution in [0, 0.1) is 5.92 Å². The molecule has 1 aromatic carbocycles. The van der Waals surface area contributed by atoms with Crippen molar-refractivity contribution >= 4 is 28.6 Å². The van der Waals surface area contributed by atoms with Gasteiger partial charge in [-0.1, -0.05) is 12.1 Å². The van der Waals surface area contributed by atoms with Crippen LogP contribution in [0.3, 0.4) is 0 Å². The summed E-state index contributed by atoms with van der Waals surface area (Å²) in [5.41, 5.74) is 1.69. The number of nitrogens with zero attached hydrogens (tertiary/aromatic N) is 4. The van der Waals surface area contributed by atoms with Crippen LogP contribution < -0.4 is 9.80 Å². The van der Waals surface area contributed by atoms with Crippen LogP contribution in [0.5, 0.6) is 0 Å². The van der Waals surface area contributed by atoms with E-state index in [-0.39, 0.29) is 18.1 Å². The number of carboxylic acid groups (broad SMARTS) is 1. The SMILES string of the molecule is CC1CN(c2nc3ccccc3nc2N2CCCC(C(=O)O)C2)CC(C)O1. The molecule has 3 unspecified atom stereocenters. The van der Waals surface area contributed by atoms with Crippen molar-refractivity contribution in [1.82, 2.24) is 9.97 Å². The number of morpholine rings is 1. The van der Waals surface area contributed by atoms with Crippen LogP contribution in [0.2, 0.25) is 0 Å². The summed E-state index contributed by atoms with van der Waals surface area (Å²) in [6.45, 7) is 6.92. The summed E-state index contributed by atoms with van der Waals surface area (Å²) < 4.78 is 5.88. The maximum Gasteiger partial charge on any atom is 0.308 e. The molecule has 2 aliphatic rings. The van der Waals surface area contributed by atoms with Gasteiger partial charge in [0, 0.05) is 26.2 Å². The van der Waals surface area contributed by atoms with E-state index in [1.165, 1.54) is 0 Å². The third-order valence-electron chi connectivity index (χ3n) is 5.32. The van der Waals surface area contributed by atoms with Crippen LogP contribution >= 0.6 is 0 Å². The Balaban J connectivity index is 1.76. The highest BCUT2D eigenvalue weighted by atomic mass is 16.5. The lowest BCUT2D eigenvalue weighted by atomic mass is 9.98. The third kappa shape index (κ3) is 3.69. The minimum absolute atomic E-state index is 0.114. The van der Waals surface area contributed by atoms with Crippen molar-refractivity contribution in [3.8, 4) is 0 Å². The zero-order valence-corrected chi connectivity index (χ0v) is 15.8. The monoisotopic (exact) mass is 370 g/mol. The third-order valence-corrected chi connectivity index (χ3v) is 5.32. The number of ether oxygens (including phenoxy) is 1. The number of carboxylic acids is 1. The van der Waals surface area contributed by atoms with Gasteiger partial charge in [0.25, 0.3) is 0 Å². The lowest BCUT2D eigenvalue weighted by molar-refractivity contribution is -0.141. The van der Waals surface area contributed by atoms with E-state index in [4.69, 9.17) is 14.7 Å².